The lowest BCUT2D eigenvalue weighted by Crippen LogP contribution is -2.74. The average molecular weight is 731 g/mol. The molecule has 0 bridgehead atoms. The third-order valence-corrected chi connectivity index (χ3v) is 7.95. The highest BCUT2D eigenvalue weighted by Gasteiger charge is 2.95. The van der Waals surface area contributed by atoms with Gasteiger partial charge in [0.2, 0.25) is 11.8 Å². The maximum Gasteiger partial charge on any atom is 0.460 e. The average Bonchev–Trinajstić information content (AvgIpc) is 3.17. The molecule has 2 amide bonds. The Morgan fingerprint density at radius 3 is 1.48 bits per heavy atom. The fraction of sp³-hybridized carbons (Fsp3) is 0.704. The van der Waals surface area contributed by atoms with E-state index in [9.17, 15) is 84.2 Å². The van der Waals surface area contributed by atoms with Crippen LogP contribution >= 0.6 is 0 Å². The van der Waals surface area contributed by atoms with Crippen molar-refractivity contribution in [1.82, 2.24) is 4.90 Å². The zero-order valence-corrected chi connectivity index (χ0v) is 25.0. The second kappa shape index (κ2) is 12.8. The SMILES string of the molecule is CC(C)(C)C1C(=O)N(CCCCC(F)(F)C(F)(F)C(F)(F)C(F)(F)C(F)(F)C(F)(F)C(F)(F)C(F)(F)F)C(=O)C1CBc1ccccc1. The third kappa shape index (κ3) is 6.71. The molecule has 2 unspecified atom stereocenters. The lowest BCUT2D eigenvalue weighted by Gasteiger charge is -2.42. The molecule has 1 aromatic rings. The van der Waals surface area contributed by atoms with Crippen molar-refractivity contribution >= 4 is 24.6 Å². The number of unbranched alkanes of at least 4 members (excludes halogenated alkanes) is 1. The van der Waals surface area contributed by atoms with Crippen LogP contribution in [0.2, 0.25) is 6.32 Å². The first-order valence-electron chi connectivity index (χ1n) is 13.9. The molecule has 21 heteroatoms. The first kappa shape index (κ1) is 41.4. The first-order chi connectivity index (χ1) is 21.3. The summed E-state index contributed by atoms with van der Waals surface area (Å²) < 4.78 is 229. The fourth-order valence-electron chi connectivity index (χ4n) is 5.21. The van der Waals surface area contributed by atoms with Gasteiger partial charge in [0, 0.05) is 18.9 Å². The number of benzene rings is 1. The van der Waals surface area contributed by atoms with Gasteiger partial charge in [0.1, 0.15) is 0 Å². The van der Waals surface area contributed by atoms with Gasteiger partial charge >= 0.3 is 47.6 Å². The molecule has 1 aliphatic heterocycles. The van der Waals surface area contributed by atoms with Crippen molar-refractivity contribution in [3.63, 3.8) is 0 Å². The zero-order valence-electron chi connectivity index (χ0n) is 25.0. The van der Waals surface area contributed by atoms with Gasteiger partial charge in [-0.15, -0.1) is 0 Å². The van der Waals surface area contributed by atoms with E-state index in [0.29, 0.717) is 12.2 Å². The van der Waals surface area contributed by atoms with E-state index in [1.807, 2.05) is 0 Å². The summed E-state index contributed by atoms with van der Waals surface area (Å²) in [6, 6.07) is 8.57. The van der Waals surface area contributed by atoms with Gasteiger partial charge < -0.3 is 0 Å². The summed E-state index contributed by atoms with van der Waals surface area (Å²) >= 11 is 0. The summed E-state index contributed by atoms with van der Waals surface area (Å²) in [5, 5.41) is 0. The smallest absolute Gasteiger partial charge is 0.282 e. The lowest BCUT2D eigenvalue weighted by atomic mass is 9.59. The van der Waals surface area contributed by atoms with E-state index in [1.54, 1.807) is 51.1 Å². The molecular weight excluding hydrogens is 704 g/mol. The van der Waals surface area contributed by atoms with Crippen molar-refractivity contribution < 1.29 is 84.2 Å². The second-order valence-electron chi connectivity index (χ2n) is 12.4. The highest BCUT2D eigenvalue weighted by molar-refractivity contribution is 6.53. The molecule has 0 saturated carbocycles. The van der Waals surface area contributed by atoms with E-state index >= 15 is 0 Å². The van der Waals surface area contributed by atoms with Crippen molar-refractivity contribution in [2.75, 3.05) is 6.54 Å². The van der Waals surface area contributed by atoms with Crippen LogP contribution in [0.25, 0.3) is 0 Å². The minimum Gasteiger partial charge on any atom is -0.282 e. The number of hydrogen-bond donors (Lipinski definition) is 0. The Balaban J connectivity index is 2.23. The molecule has 0 aromatic heterocycles. The van der Waals surface area contributed by atoms with Crippen LogP contribution in [0.4, 0.5) is 74.6 Å². The van der Waals surface area contributed by atoms with E-state index in [-0.39, 0.29) is 6.32 Å². The van der Waals surface area contributed by atoms with E-state index in [2.05, 4.69) is 0 Å². The van der Waals surface area contributed by atoms with Crippen molar-refractivity contribution in [3.8, 4) is 0 Å². The maximum atomic E-state index is 14.3. The summed E-state index contributed by atoms with van der Waals surface area (Å²) in [5.41, 5.74) is -0.0672. The van der Waals surface area contributed by atoms with E-state index in [1.165, 1.54) is 0 Å². The van der Waals surface area contributed by atoms with Gasteiger partial charge in [-0.25, -0.2) is 0 Å². The molecule has 0 N–H and O–H groups in total. The van der Waals surface area contributed by atoms with Crippen LogP contribution in [0.5, 0.6) is 0 Å². The van der Waals surface area contributed by atoms with Crippen LogP contribution in [0.15, 0.2) is 30.3 Å². The molecule has 1 saturated heterocycles. The van der Waals surface area contributed by atoms with Gasteiger partial charge in [-0.3, -0.25) is 14.5 Å². The number of hydrogen-bond acceptors (Lipinski definition) is 2. The number of amides is 2. The van der Waals surface area contributed by atoms with Crippen LogP contribution < -0.4 is 5.46 Å². The highest BCUT2D eigenvalue weighted by atomic mass is 19.4. The molecule has 1 fully saturated rings. The molecule has 1 heterocycles. The van der Waals surface area contributed by atoms with E-state index in [4.69, 9.17) is 0 Å². The minimum absolute atomic E-state index is 0.124. The number of carbonyl (C=O) groups excluding carboxylic acids is 2. The van der Waals surface area contributed by atoms with Crippen LogP contribution in [-0.2, 0) is 9.59 Å². The predicted octanol–water partition coefficient (Wildman–Crippen LogP) is 7.99. The van der Waals surface area contributed by atoms with Gasteiger partial charge in [0.25, 0.3) is 0 Å². The molecule has 274 valence electrons. The molecule has 0 spiro atoms. The number of nitrogens with zero attached hydrogens (tertiary/aromatic N) is 1. The van der Waals surface area contributed by atoms with Gasteiger partial charge in [-0.1, -0.05) is 62.9 Å². The summed E-state index contributed by atoms with van der Waals surface area (Å²) in [7, 11) is 0.309. The summed E-state index contributed by atoms with van der Waals surface area (Å²) in [6.45, 7) is 4.01. The van der Waals surface area contributed by atoms with Gasteiger partial charge in [-0.05, 0) is 18.3 Å². The molecule has 1 aliphatic rings. The van der Waals surface area contributed by atoms with E-state index in [0.717, 1.165) is 5.46 Å². The number of alkyl halides is 17. The largest absolute Gasteiger partial charge is 0.460 e. The Kier molecular flexibility index (Phi) is 11.1. The lowest BCUT2D eigenvalue weighted by molar-refractivity contribution is -0.461. The van der Waals surface area contributed by atoms with Crippen molar-refractivity contribution in [3.05, 3.63) is 30.3 Å². The zero-order chi connectivity index (χ0) is 37.7. The molecule has 0 radical (unpaired) electrons. The Morgan fingerprint density at radius 2 is 1.04 bits per heavy atom. The quantitative estimate of drug-likeness (QED) is 0.0843. The Bertz CT molecular complexity index is 1310. The maximum absolute atomic E-state index is 14.3. The topological polar surface area (TPSA) is 37.4 Å². The van der Waals surface area contributed by atoms with Gasteiger partial charge in [0.05, 0.1) is 5.92 Å². The highest BCUT2D eigenvalue weighted by Crippen LogP contribution is 2.64. The van der Waals surface area contributed by atoms with Crippen LogP contribution in [0.3, 0.4) is 0 Å². The standard InChI is InChI=1S/C27H27BF17NO2/c1-19(2,3)16-15(13-28-14-9-5-4-6-10-14)17(47)46(18(16)48)12-8-7-11-20(29,30)21(31,32)22(33,34)23(35,36)24(37,38)25(39,40)26(41,42)27(43,44)45/h4-6,9-10,15-16,28H,7-8,11-13H2,1-3H3. The first-order valence-corrected chi connectivity index (χ1v) is 13.9. The minimum atomic E-state index is -8.68. The molecule has 1 aromatic carbocycles. The van der Waals surface area contributed by atoms with E-state index < -0.39 is 103 Å². The summed E-state index contributed by atoms with van der Waals surface area (Å²) in [4.78, 5) is 26.8. The Labute approximate surface area is 262 Å². The molecule has 48 heavy (non-hydrogen) atoms. The molecular formula is C27H27BF17NO2. The molecule has 0 aliphatic carbocycles. The molecule has 2 rings (SSSR count). The monoisotopic (exact) mass is 731 g/mol. The number of likely N-dealkylation sites (tertiary alicyclic amines) is 1. The Hall–Kier alpha value is -2.77. The van der Waals surface area contributed by atoms with Crippen LogP contribution in [0, 0.1) is 17.3 Å². The normalized spacial score (nSPS) is 19.7. The number of imide groups is 1. The summed E-state index contributed by atoms with van der Waals surface area (Å²) in [6.07, 6.45) is -12.6. The second-order valence-corrected chi connectivity index (χ2v) is 12.4. The van der Waals surface area contributed by atoms with Crippen molar-refractivity contribution in [1.29, 1.82) is 0 Å². The Morgan fingerprint density at radius 1 is 0.604 bits per heavy atom. The van der Waals surface area contributed by atoms with Crippen molar-refractivity contribution in [2.45, 2.75) is 94.0 Å². The predicted molar refractivity (Wildman–Crippen MR) is 136 cm³/mol. The van der Waals surface area contributed by atoms with Gasteiger partial charge in [0.15, 0.2) is 7.28 Å². The number of halogens is 17. The third-order valence-electron chi connectivity index (χ3n) is 7.95. The molecule has 3 nitrogen and oxygen atoms in total. The number of carbonyl (C=O) groups is 2. The van der Waals surface area contributed by atoms with Crippen molar-refractivity contribution in [2.24, 2.45) is 17.3 Å². The van der Waals surface area contributed by atoms with Gasteiger partial charge in [-0.2, -0.15) is 74.6 Å². The molecule has 2 atom stereocenters. The fourth-order valence-corrected chi connectivity index (χ4v) is 5.21. The number of rotatable bonds is 14. The van der Waals surface area contributed by atoms with Crippen LogP contribution in [0.1, 0.15) is 40.0 Å². The summed E-state index contributed by atoms with van der Waals surface area (Å²) in [5.74, 6) is -60.2. The van der Waals surface area contributed by atoms with Crippen LogP contribution in [-0.4, -0.2) is 78.2 Å².